The van der Waals surface area contributed by atoms with Crippen molar-refractivity contribution in [1.29, 1.82) is 0 Å². The van der Waals surface area contributed by atoms with Crippen LogP contribution in [0, 0.1) is 27.9 Å². The number of aliphatic hydroxyl groups is 3. The van der Waals surface area contributed by atoms with Crippen molar-refractivity contribution >= 4 is 23.3 Å². The van der Waals surface area contributed by atoms with Crippen molar-refractivity contribution in [3.63, 3.8) is 0 Å². The lowest BCUT2D eigenvalue weighted by Crippen LogP contribution is -2.62. The van der Waals surface area contributed by atoms with Crippen LogP contribution in [0.3, 0.4) is 0 Å². The van der Waals surface area contributed by atoms with Crippen LogP contribution in [0.2, 0.25) is 0 Å². The summed E-state index contributed by atoms with van der Waals surface area (Å²) in [5, 5.41) is 85.9. The number of aromatic hydroxyl groups is 1. The summed E-state index contributed by atoms with van der Waals surface area (Å²) in [6.45, 7) is -0.119. The molecule has 0 bridgehead atoms. The highest BCUT2D eigenvalue weighted by Gasteiger charge is 2.63. The molecule has 3 aromatic rings. The molecule has 3 aliphatic rings. The van der Waals surface area contributed by atoms with Crippen LogP contribution >= 0.6 is 0 Å². The Hall–Kier alpha value is -5.39. The van der Waals surface area contributed by atoms with E-state index in [9.17, 15) is 50.3 Å². The van der Waals surface area contributed by atoms with E-state index < -0.39 is 51.9 Å². The highest BCUT2D eigenvalue weighted by Crippen LogP contribution is 2.62. The molecule has 6 unspecified atom stereocenters. The lowest BCUT2D eigenvalue weighted by Gasteiger charge is -2.56. The first-order valence-electron chi connectivity index (χ1n) is 17.0. The van der Waals surface area contributed by atoms with Gasteiger partial charge < -0.3 is 40.2 Å². The molecular formula is C35H39N5O12. The largest absolute Gasteiger partial charge is 0.508 e. The van der Waals surface area contributed by atoms with Gasteiger partial charge in [-0.25, -0.2) is 14.3 Å². The zero-order chi connectivity index (χ0) is 37.2. The van der Waals surface area contributed by atoms with E-state index in [2.05, 4.69) is 15.5 Å². The van der Waals surface area contributed by atoms with Gasteiger partial charge in [0.25, 0.3) is 5.69 Å². The fourth-order valence-electron chi connectivity index (χ4n) is 7.96. The molecular weight excluding hydrogens is 682 g/mol. The molecule has 1 aliphatic heterocycles. The molecule has 1 aromatic heterocycles. The highest BCUT2D eigenvalue weighted by molar-refractivity contribution is 6.03. The SMILES string of the molecule is O=C(O)c1nnn(C2CC(=NOCc3ccc([N+](=O)[O-])cc3)C3=CC(CCCCO)C(CCCCO)C4c5cc(O)ccc5OC2(O)C34)c1C(=O)O. The van der Waals surface area contributed by atoms with Crippen molar-refractivity contribution in [2.45, 2.75) is 69.3 Å². The van der Waals surface area contributed by atoms with Gasteiger partial charge in [0, 0.05) is 43.2 Å². The number of oxime groups is 1. The molecule has 1 fully saturated rings. The van der Waals surface area contributed by atoms with Crippen molar-refractivity contribution in [1.82, 2.24) is 15.0 Å². The molecule has 52 heavy (non-hydrogen) atoms. The molecule has 0 spiro atoms. The average molecular weight is 722 g/mol. The molecule has 0 saturated heterocycles. The normalized spacial score (nSPS) is 25.4. The number of nitro benzene ring substituents is 1. The Morgan fingerprint density at radius 1 is 1.04 bits per heavy atom. The van der Waals surface area contributed by atoms with Gasteiger partial charge in [0.15, 0.2) is 5.69 Å². The molecule has 17 heteroatoms. The minimum Gasteiger partial charge on any atom is -0.508 e. The first-order chi connectivity index (χ1) is 25.0. The number of nitrogens with zero attached hydrogens (tertiary/aromatic N) is 5. The summed E-state index contributed by atoms with van der Waals surface area (Å²) in [7, 11) is 0. The number of aromatic carboxylic acids is 2. The van der Waals surface area contributed by atoms with Crippen molar-refractivity contribution in [3.8, 4) is 11.5 Å². The molecule has 2 aromatic carbocycles. The fourth-order valence-corrected chi connectivity index (χ4v) is 7.96. The molecule has 6 rings (SSSR count). The summed E-state index contributed by atoms with van der Waals surface area (Å²) in [5.74, 6) is -7.17. The van der Waals surface area contributed by atoms with Crippen LogP contribution in [-0.2, 0) is 11.4 Å². The van der Waals surface area contributed by atoms with Crippen LogP contribution in [0.25, 0.3) is 0 Å². The number of unbranched alkanes of at least 4 members (excludes halogenated alkanes) is 2. The van der Waals surface area contributed by atoms with Gasteiger partial charge in [-0.3, -0.25) is 10.1 Å². The summed E-state index contributed by atoms with van der Waals surface area (Å²) < 4.78 is 7.24. The van der Waals surface area contributed by atoms with Crippen LogP contribution in [0.5, 0.6) is 11.5 Å². The average Bonchev–Trinajstić information content (AvgIpc) is 3.56. The first-order valence-corrected chi connectivity index (χ1v) is 17.0. The van der Waals surface area contributed by atoms with Crippen molar-refractivity contribution in [2.75, 3.05) is 13.2 Å². The number of allylic oxidation sites excluding steroid dienone is 1. The summed E-state index contributed by atoms with van der Waals surface area (Å²) in [5.41, 5.74) is 0.288. The number of rotatable bonds is 15. The second-order valence-electron chi connectivity index (χ2n) is 13.3. The number of phenols is 1. The van der Waals surface area contributed by atoms with E-state index in [-0.39, 0.29) is 55.3 Å². The Kier molecular flexibility index (Phi) is 10.5. The van der Waals surface area contributed by atoms with Gasteiger partial charge in [-0.15, -0.1) is 5.10 Å². The lowest BCUT2D eigenvalue weighted by molar-refractivity contribution is -0.384. The van der Waals surface area contributed by atoms with E-state index in [0.717, 1.165) is 4.68 Å². The lowest BCUT2D eigenvalue weighted by atomic mass is 9.55. The zero-order valence-corrected chi connectivity index (χ0v) is 27.9. The van der Waals surface area contributed by atoms with Crippen molar-refractivity contribution in [2.24, 2.45) is 22.9 Å². The maximum Gasteiger partial charge on any atom is 0.359 e. The number of aliphatic hydroxyl groups excluding tert-OH is 2. The number of carboxylic acids is 2. The predicted molar refractivity (Wildman–Crippen MR) is 180 cm³/mol. The summed E-state index contributed by atoms with van der Waals surface area (Å²) in [4.78, 5) is 41.0. The fraction of sp³-hybridized carbons (Fsp3) is 0.457. The summed E-state index contributed by atoms with van der Waals surface area (Å²) in [6.07, 6.45) is 5.40. The molecule has 0 radical (unpaired) electrons. The number of non-ortho nitro benzene ring substituents is 1. The van der Waals surface area contributed by atoms with Crippen molar-refractivity contribution < 1.29 is 54.7 Å². The standard InChI is InChI=1S/C35H39N5O12/c41-13-3-1-5-20-15-24-26(37-51-18-19-7-9-21(10-8-19)40(49)50)17-28(39-32(34(46)47)31(33(44)45)36-38-39)35(48)30(24)29(23(20)6-2-4-14-42)25-16-22(43)11-12-27(25)52-35/h7-12,15-16,20,23,28-30,41-43,48H,1-6,13-14,17-18H2,(H,44,45)(H,46,47). The number of phenolic OH excluding ortho intramolecular Hbond substituents is 1. The van der Waals surface area contributed by atoms with Crippen LogP contribution < -0.4 is 4.74 Å². The number of nitro groups is 1. The molecule has 17 nitrogen and oxygen atoms in total. The number of carbonyl (C=O) groups is 2. The number of carboxylic acid groups (broad SMARTS) is 2. The van der Waals surface area contributed by atoms with Crippen LogP contribution in [0.4, 0.5) is 5.69 Å². The molecule has 2 aliphatic carbocycles. The molecule has 6 N–H and O–H groups in total. The van der Waals surface area contributed by atoms with Crippen LogP contribution in [-0.4, -0.2) is 87.2 Å². The maximum atomic E-state index is 12.9. The molecule has 0 amide bonds. The van der Waals surface area contributed by atoms with Gasteiger partial charge in [-0.05, 0) is 79.0 Å². The van der Waals surface area contributed by atoms with E-state index in [4.69, 9.17) is 9.57 Å². The third-order valence-electron chi connectivity index (χ3n) is 10.2. The second-order valence-corrected chi connectivity index (χ2v) is 13.3. The molecule has 276 valence electrons. The van der Waals surface area contributed by atoms with E-state index >= 15 is 0 Å². The van der Waals surface area contributed by atoms with Crippen molar-refractivity contribution in [3.05, 3.63) is 86.7 Å². The Labute approximate surface area is 296 Å². The number of hydrogen-bond donors (Lipinski definition) is 6. The number of ether oxygens (including phenoxy) is 1. The van der Waals surface area contributed by atoms with Crippen LogP contribution in [0.1, 0.15) is 89.0 Å². The molecule has 6 atom stereocenters. The van der Waals surface area contributed by atoms with Gasteiger partial charge in [0.2, 0.25) is 11.5 Å². The minimum atomic E-state index is -2.24. The van der Waals surface area contributed by atoms with E-state index in [1.807, 2.05) is 6.08 Å². The molecule has 2 heterocycles. The molecule has 1 saturated carbocycles. The van der Waals surface area contributed by atoms with Crippen LogP contribution in [0.15, 0.2) is 59.3 Å². The Morgan fingerprint density at radius 3 is 2.40 bits per heavy atom. The quantitative estimate of drug-likeness (QED) is 0.0741. The third kappa shape index (κ3) is 6.81. The number of hydrogen-bond acceptors (Lipinski definition) is 13. The zero-order valence-electron chi connectivity index (χ0n) is 27.9. The Balaban J connectivity index is 1.53. The van der Waals surface area contributed by atoms with E-state index in [1.165, 1.54) is 36.4 Å². The van der Waals surface area contributed by atoms with Gasteiger partial charge in [0.1, 0.15) is 24.1 Å². The maximum absolute atomic E-state index is 12.9. The Bertz CT molecular complexity index is 1890. The van der Waals surface area contributed by atoms with E-state index in [1.54, 1.807) is 6.07 Å². The summed E-state index contributed by atoms with van der Waals surface area (Å²) in [6, 6.07) is 8.79. The second kappa shape index (κ2) is 15.1. The van der Waals surface area contributed by atoms with Gasteiger partial charge >= 0.3 is 11.9 Å². The van der Waals surface area contributed by atoms with Gasteiger partial charge in [-0.2, -0.15) is 0 Å². The minimum absolute atomic E-state index is 0.00183. The Morgan fingerprint density at radius 2 is 1.75 bits per heavy atom. The van der Waals surface area contributed by atoms with Gasteiger partial charge in [-0.1, -0.05) is 29.3 Å². The third-order valence-corrected chi connectivity index (χ3v) is 10.2. The van der Waals surface area contributed by atoms with E-state index in [0.29, 0.717) is 60.9 Å². The summed E-state index contributed by atoms with van der Waals surface area (Å²) >= 11 is 0. The first kappa shape index (κ1) is 36.4. The highest BCUT2D eigenvalue weighted by atomic mass is 16.6. The number of fused-ring (bicyclic) bond motifs is 2. The smallest absolute Gasteiger partial charge is 0.359 e. The topological polar surface area (TPSA) is 260 Å². The number of aromatic nitrogens is 3. The predicted octanol–water partition coefficient (Wildman–Crippen LogP) is 3.78. The van der Waals surface area contributed by atoms with Gasteiger partial charge in [0.05, 0.1) is 16.6 Å². The number of benzene rings is 2. The monoisotopic (exact) mass is 721 g/mol.